The van der Waals surface area contributed by atoms with Gasteiger partial charge in [-0.2, -0.15) is 0 Å². The highest BCUT2D eigenvalue weighted by molar-refractivity contribution is 5.91. The number of benzene rings is 8. The van der Waals surface area contributed by atoms with E-state index >= 15 is 0 Å². The maximum absolute atomic E-state index is 2.45. The van der Waals surface area contributed by atoms with Gasteiger partial charge < -0.3 is 4.90 Å². The molecule has 54 heavy (non-hydrogen) atoms. The molecule has 0 atom stereocenters. The van der Waals surface area contributed by atoms with Crippen LogP contribution in [0.5, 0.6) is 0 Å². The van der Waals surface area contributed by atoms with E-state index in [2.05, 4.69) is 220 Å². The predicted molar refractivity (Wildman–Crippen MR) is 226 cm³/mol. The Morgan fingerprint density at radius 3 is 1.50 bits per heavy atom. The van der Waals surface area contributed by atoms with E-state index < -0.39 is 5.41 Å². The van der Waals surface area contributed by atoms with Crippen LogP contribution in [0.2, 0.25) is 0 Å². The molecule has 10 rings (SSSR count). The Hall–Kier alpha value is -6.44. The van der Waals surface area contributed by atoms with Crippen molar-refractivity contribution >= 4 is 17.1 Å². The van der Waals surface area contributed by atoms with Gasteiger partial charge in [0.2, 0.25) is 0 Å². The van der Waals surface area contributed by atoms with Gasteiger partial charge >= 0.3 is 0 Å². The summed E-state index contributed by atoms with van der Waals surface area (Å²) in [6.45, 7) is 6.89. The van der Waals surface area contributed by atoms with E-state index in [1.165, 1.54) is 72.3 Å². The van der Waals surface area contributed by atoms with E-state index in [1.54, 1.807) is 0 Å². The van der Waals surface area contributed by atoms with Crippen molar-refractivity contribution in [1.82, 2.24) is 0 Å². The Morgan fingerprint density at radius 1 is 0.370 bits per heavy atom. The van der Waals surface area contributed by atoms with Crippen LogP contribution >= 0.6 is 0 Å². The molecule has 8 aromatic carbocycles. The molecule has 0 fully saturated rings. The van der Waals surface area contributed by atoms with Crippen molar-refractivity contribution < 1.29 is 0 Å². The summed E-state index contributed by atoms with van der Waals surface area (Å²) in [6.07, 6.45) is 0. The van der Waals surface area contributed by atoms with Crippen molar-refractivity contribution in [2.45, 2.75) is 31.6 Å². The molecule has 0 aromatic heterocycles. The van der Waals surface area contributed by atoms with Crippen LogP contribution in [-0.2, 0) is 10.8 Å². The lowest BCUT2D eigenvalue weighted by Crippen LogP contribution is -2.28. The number of hydrogen-bond donors (Lipinski definition) is 0. The lowest BCUT2D eigenvalue weighted by Gasteiger charge is -2.35. The molecule has 0 N–H and O–H groups in total. The Kier molecular flexibility index (Phi) is 7.35. The monoisotopic (exact) mass is 691 g/mol. The van der Waals surface area contributed by atoms with E-state index in [0.717, 1.165) is 17.1 Å². The van der Waals surface area contributed by atoms with Crippen LogP contribution in [0.25, 0.3) is 33.4 Å². The summed E-state index contributed by atoms with van der Waals surface area (Å²) in [5, 5.41) is 0. The van der Waals surface area contributed by atoms with Gasteiger partial charge in [0.1, 0.15) is 0 Å². The molecule has 0 bridgehead atoms. The van der Waals surface area contributed by atoms with Crippen LogP contribution in [0, 0.1) is 6.92 Å². The SMILES string of the molecule is Cc1ccc(N(c2ccc(-c3cccc4c3C(C)(C)c3ccccc3-4)cc2)c2ccc3c(c2)C(c2ccccc2)(c2ccccc2)c2ccccc2-3)cc1. The lowest BCUT2D eigenvalue weighted by molar-refractivity contribution is 0.662. The summed E-state index contributed by atoms with van der Waals surface area (Å²) >= 11 is 0. The highest BCUT2D eigenvalue weighted by Gasteiger charge is 2.46. The number of aryl methyl sites for hydroxylation is 1. The largest absolute Gasteiger partial charge is 0.310 e. The van der Waals surface area contributed by atoms with Crippen molar-refractivity contribution in [2.75, 3.05) is 4.90 Å². The van der Waals surface area contributed by atoms with Gasteiger partial charge in [-0.1, -0.05) is 177 Å². The molecule has 0 aliphatic heterocycles. The van der Waals surface area contributed by atoms with Crippen LogP contribution in [0.1, 0.15) is 52.8 Å². The van der Waals surface area contributed by atoms with E-state index in [0.29, 0.717) is 0 Å². The highest BCUT2D eigenvalue weighted by Crippen LogP contribution is 2.57. The zero-order valence-electron chi connectivity index (χ0n) is 30.9. The summed E-state index contributed by atoms with van der Waals surface area (Å²) in [6, 6.07) is 72.0. The fraction of sp³-hybridized carbons (Fsp3) is 0.0943. The third-order valence-electron chi connectivity index (χ3n) is 12.0. The van der Waals surface area contributed by atoms with Crippen LogP contribution in [0.15, 0.2) is 194 Å². The van der Waals surface area contributed by atoms with Crippen molar-refractivity contribution in [3.8, 4) is 33.4 Å². The van der Waals surface area contributed by atoms with Crippen molar-refractivity contribution in [2.24, 2.45) is 0 Å². The molecule has 1 nitrogen and oxygen atoms in total. The molecule has 0 saturated heterocycles. The minimum atomic E-state index is -0.467. The van der Waals surface area contributed by atoms with Crippen LogP contribution < -0.4 is 4.90 Å². The molecule has 258 valence electrons. The zero-order chi connectivity index (χ0) is 36.4. The molecule has 0 amide bonds. The van der Waals surface area contributed by atoms with Gasteiger partial charge in [-0.15, -0.1) is 0 Å². The third kappa shape index (κ3) is 4.71. The number of rotatable bonds is 6. The van der Waals surface area contributed by atoms with Crippen molar-refractivity contribution in [3.63, 3.8) is 0 Å². The van der Waals surface area contributed by atoms with Crippen LogP contribution in [0.3, 0.4) is 0 Å². The number of nitrogens with zero attached hydrogens (tertiary/aromatic N) is 1. The number of anilines is 3. The Morgan fingerprint density at radius 2 is 0.852 bits per heavy atom. The van der Waals surface area contributed by atoms with E-state index in [-0.39, 0.29) is 5.41 Å². The lowest BCUT2D eigenvalue weighted by atomic mass is 9.67. The van der Waals surface area contributed by atoms with E-state index in [4.69, 9.17) is 0 Å². The van der Waals surface area contributed by atoms with Crippen LogP contribution in [-0.4, -0.2) is 0 Å². The molecule has 0 radical (unpaired) electrons. The summed E-state index contributed by atoms with van der Waals surface area (Å²) in [5.74, 6) is 0. The van der Waals surface area contributed by atoms with Gasteiger partial charge in [0.05, 0.1) is 5.41 Å². The smallest absolute Gasteiger partial charge is 0.0714 e. The second kappa shape index (κ2) is 12.3. The maximum atomic E-state index is 2.45. The first-order chi connectivity index (χ1) is 26.5. The van der Waals surface area contributed by atoms with E-state index in [1.807, 2.05) is 0 Å². The average molecular weight is 692 g/mol. The first-order valence-electron chi connectivity index (χ1n) is 19.0. The summed E-state index contributed by atoms with van der Waals surface area (Å²) < 4.78 is 0. The molecule has 2 aliphatic carbocycles. The second-order valence-electron chi connectivity index (χ2n) is 15.4. The number of hydrogen-bond acceptors (Lipinski definition) is 1. The predicted octanol–water partition coefficient (Wildman–Crippen LogP) is 13.8. The molecule has 0 heterocycles. The Balaban J connectivity index is 1.15. The molecule has 1 heteroatoms. The molecule has 8 aromatic rings. The number of fused-ring (bicyclic) bond motifs is 6. The average Bonchev–Trinajstić information content (AvgIpc) is 3.65. The minimum absolute atomic E-state index is 0.0822. The molecule has 2 aliphatic rings. The molecular formula is C53H41N. The Bertz CT molecular complexity index is 2630. The third-order valence-corrected chi connectivity index (χ3v) is 12.0. The molecule has 0 unspecified atom stereocenters. The second-order valence-corrected chi connectivity index (χ2v) is 15.4. The Labute approximate surface area is 318 Å². The fourth-order valence-electron chi connectivity index (χ4n) is 9.59. The van der Waals surface area contributed by atoms with Gasteiger partial charge in [0, 0.05) is 22.5 Å². The minimum Gasteiger partial charge on any atom is -0.310 e. The fourth-order valence-corrected chi connectivity index (χ4v) is 9.59. The maximum Gasteiger partial charge on any atom is 0.0714 e. The van der Waals surface area contributed by atoms with Crippen LogP contribution in [0.4, 0.5) is 17.1 Å². The topological polar surface area (TPSA) is 3.24 Å². The van der Waals surface area contributed by atoms with Gasteiger partial charge in [-0.05, 0) is 110 Å². The standard InChI is InChI=1S/C53H41N/c1-36-25-29-40(30-26-36)54(41-31-27-37(28-32-41)43-21-14-22-47-45-20-10-12-23-48(45)52(2,3)51(43)47)42-33-34-46-44-19-11-13-24-49(44)53(50(46)35-42,38-15-6-4-7-16-38)39-17-8-5-9-18-39/h4-35H,1-3H3. The zero-order valence-corrected chi connectivity index (χ0v) is 30.9. The summed E-state index contributed by atoms with van der Waals surface area (Å²) in [4.78, 5) is 2.42. The first kappa shape index (κ1) is 32.2. The summed E-state index contributed by atoms with van der Waals surface area (Å²) in [5.41, 5.74) is 19.8. The van der Waals surface area contributed by atoms with Crippen molar-refractivity contribution in [3.05, 3.63) is 233 Å². The van der Waals surface area contributed by atoms with Gasteiger partial charge in [0.25, 0.3) is 0 Å². The van der Waals surface area contributed by atoms with Gasteiger partial charge in [-0.3, -0.25) is 0 Å². The quantitative estimate of drug-likeness (QED) is 0.168. The molecular weight excluding hydrogens is 651 g/mol. The normalized spacial score (nSPS) is 14.1. The van der Waals surface area contributed by atoms with E-state index in [9.17, 15) is 0 Å². The summed E-state index contributed by atoms with van der Waals surface area (Å²) in [7, 11) is 0. The first-order valence-corrected chi connectivity index (χ1v) is 19.0. The van der Waals surface area contributed by atoms with Crippen molar-refractivity contribution in [1.29, 1.82) is 0 Å². The molecule has 0 spiro atoms. The van der Waals surface area contributed by atoms with Gasteiger partial charge in [0.15, 0.2) is 0 Å². The molecule has 0 saturated carbocycles. The van der Waals surface area contributed by atoms with Gasteiger partial charge in [-0.25, -0.2) is 0 Å². The highest BCUT2D eigenvalue weighted by atomic mass is 15.1.